The summed E-state index contributed by atoms with van der Waals surface area (Å²) in [5.41, 5.74) is 4.63. The van der Waals surface area contributed by atoms with E-state index in [1.807, 2.05) is 24.3 Å². The van der Waals surface area contributed by atoms with Gasteiger partial charge < -0.3 is 22.3 Å². The molecule has 0 fully saturated rings. The maximum Gasteiger partial charge on any atom is 0.268 e. The van der Waals surface area contributed by atoms with Crippen molar-refractivity contribution in [3.8, 4) is 10.6 Å². The number of fused-ring (bicyclic) bond motifs is 1. The first-order chi connectivity index (χ1) is 11.2. The molecule has 3 aromatic rings. The Morgan fingerprint density at radius 1 is 1.04 bits per heavy atom. The van der Waals surface area contributed by atoms with Crippen molar-refractivity contribution in [2.24, 2.45) is 0 Å². The van der Waals surface area contributed by atoms with Gasteiger partial charge in [0.15, 0.2) is 5.69 Å². The molecule has 1 aromatic heterocycles. The Hall–Kier alpha value is -1.27. The average Bonchev–Trinajstić information content (AvgIpc) is 2.97. The van der Waals surface area contributed by atoms with Crippen LogP contribution in [0.1, 0.15) is 10.6 Å². The molecule has 0 unspecified atom stereocenters. The number of hydrogen-bond acceptors (Lipinski definition) is 3. The third kappa shape index (κ3) is 3.40. The van der Waals surface area contributed by atoms with Crippen LogP contribution in [0.3, 0.4) is 0 Å². The molecule has 1 aliphatic heterocycles. The van der Waals surface area contributed by atoms with E-state index in [0.717, 1.165) is 27.0 Å². The van der Waals surface area contributed by atoms with Crippen LogP contribution in [0.5, 0.6) is 0 Å². The van der Waals surface area contributed by atoms with E-state index in [1.54, 1.807) is 23.1 Å². The molecule has 0 atom stereocenters. The lowest BCUT2D eigenvalue weighted by Gasteiger charge is -2.17. The number of thiazole rings is 1. The first-order valence-corrected chi connectivity index (χ1v) is 9.30. The molecule has 122 valence electrons. The largest absolute Gasteiger partial charge is 1.00 e. The van der Waals surface area contributed by atoms with Gasteiger partial charge in [-0.05, 0) is 36.4 Å². The number of thioether (sulfide) groups is 1. The zero-order valence-electron chi connectivity index (χ0n) is 12.8. The van der Waals surface area contributed by atoms with E-state index in [-0.39, 0.29) is 17.0 Å². The smallest absolute Gasteiger partial charge is 0.268 e. The Labute approximate surface area is 164 Å². The minimum Gasteiger partial charge on any atom is -1.00 e. The molecular formula is C18H14BrClN2S2. The van der Waals surface area contributed by atoms with Crippen molar-refractivity contribution < 1.29 is 22.0 Å². The van der Waals surface area contributed by atoms with Crippen LogP contribution in [-0.4, -0.2) is 0 Å². The fourth-order valence-corrected chi connectivity index (χ4v) is 4.61. The molecule has 0 spiro atoms. The van der Waals surface area contributed by atoms with Crippen molar-refractivity contribution in [3.63, 3.8) is 0 Å². The van der Waals surface area contributed by atoms with Crippen LogP contribution in [-0.2, 0) is 0 Å². The number of aryl methyl sites for hydroxylation is 1. The summed E-state index contributed by atoms with van der Waals surface area (Å²) in [6, 6.07) is 16.3. The maximum absolute atomic E-state index is 5.98. The minimum absolute atomic E-state index is 0. The number of nitrogens with one attached hydrogen (secondary N) is 2. The number of aromatic nitrogens is 1. The number of hydrogen-bond donors (Lipinski definition) is 1. The van der Waals surface area contributed by atoms with Gasteiger partial charge in [0.1, 0.15) is 4.88 Å². The van der Waals surface area contributed by atoms with Crippen LogP contribution in [0.4, 0.5) is 5.69 Å². The number of anilines is 1. The molecule has 0 amide bonds. The van der Waals surface area contributed by atoms with Crippen molar-refractivity contribution in [2.75, 3.05) is 5.32 Å². The summed E-state index contributed by atoms with van der Waals surface area (Å²) in [6.45, 7) is 2.11. The second kappa shape index (κ2) is 7.31. The Kier molecular flexibility index (Phi) is 5.35. The maximum atomic E-state index is 5.98. The number of rotatable bonds is 2. The van der Waals surface area contributed by atoms with Gasteiger partial charge in [0.05, 0.1) is 16.9 Å². The summed E-state index contributed by atoms with van der Waals surface area (Å²) >= 11 is 9.49. The van der Waals surface area contributed by atoms with E-state index in [4.69, 9.17) is 11.6 Å². The Morgan fingerprint density at radius 2 is 1.79 bits per heavy atom. The molecule has 0 radical (unpaired) electrons. The monoisotopic (exact) mass is 436 g/mol. The van der Waals surface area contributed by atoms with Gasteiger partial charge in [-0.15, -0.1) is 0 Å². The molecule has 2 heterocycles. The van der Waals surface area contributed by atoms with E-state index in [2.05, 4.69) is 46.9 Å². The SMILES string of the molecule is Cc1[nH+]c(-c2ccc(Cl)cc2)sc1C1=CSc2ccccc2N1.[Br-]. The number of benzene rings is 2. The normalized spacial score (nSPS) is 12.7. The predicted octanol–water partition coefficient (Wildman–Crippen LogP) is 2.71. The third-order valence-corrected chi connectivity index (χ3v) is 6.14. The summed E-state index contributed by atoms with van der Waals surface area (Å²) in [6.07, 6.45) is 0. The molecule has 2 N–H and O–H groups in total. The molecule has 0 saturated carbocycles. The van der Waals surface area contributed by atoms with Gasteiger partial charge in [0.2, 0.25) is 0 Å². The minimum atomic E-state index is 0. The highest BCUT2D eigenvalue weighted by Gasteiger charge is 2.22. The number of halogens is 2. The highest BCUT2D eigenvalue weighted by Crippen LogP contribution is 2.39. The van der Waals surface area contributed by atoms with Crippen LogP contribution in [0, 0.1) is 6.92 Å². The predicted molar refractivity (Wildman–Crippen MR) is 100.0 cm³/mol. The quantitative estimate of drug-likeness (QED) is 0.667. The van der Waals surface area contributed by atoms with E-state index in [0.29, 0.717) is 0 Å². The van der Waals surface area contributed by atoms with Gasteiger partial charge in [0.25, 0.3) is 5.01 Å². The van der Waals surface area contributed by atoms with Crippen LogP contribution < -0.4 is 27.3 Å². The molecule has 2 aromatic carbocycles. The molecular weight excluding hydrogens is 424 g/mol. The highest BCUT2D eigenvalue weighted by molar-refractivity contribution is 8.02. The Morgan fingerprint density at radius 3 is 2.58 bits per heavy atom. The summed E-state index contributed by atoms with van der Waals surface area (Å²) in [7, 11) is 0. The molecule has 1 aliphatic rings. The molecule has 2 nitrogen and oxygen atoms in total. The van der Waals surface area contributed by atoms with Crippen molar-refractivity contribution in [1.82, 2.24) is 0 Å². The van der Waals surface area contributed by atoms with Crippen molar-refractivity contribution in [1.29, 1.82) is 0 Å². The van der Waals surface area contributed by atoms with Gasteiger partial charge in [-0.25, -0.2) is 0 Å². The summed E-state index contributed by atoms with van der Waals surface area (Å²) in [5, 5.41) is 7.61. The van der Waals surface area contributed by atoms with Crippen molar-refractivity contribution >= 4 is 46.1 Å². The lowest BCUT2D eigenvalue weighted by molar-refractivity contribution is -0.367. The molecule has 4 rings (SSSR count). The molecule has 0 saturated heterocycles. The summed E-state index contributed by atoms with van der Waals surface area (Å²) < 4.78 is 0. The first-order valence-electron chi connectivity index (χ1n) is 7.22. The van der Waals surface area contributed by atoms with E-state index >= 15 is 0 Å². The second-order valence-electron chi connectivity index (χ2n) is 5.29. The van der Waals surface area contributed by atoms with E-state index < -0.39 is 0 Å². The average molecular weight is 438 g/mol. The molecule has 0 aliphatic carbocycles. The van der Waals surface area contributed by atoms with Crippen LogP contribution in [0.2, 0.25) is 5.02 Å². The first kappa shape index (κ1) is 17.5. The van der Waals surface area contributed by atoms with Gasteiger partial charge in [-0.3, -0.25) is 0 Å². The molecule has 24 heavy (non-hydrogen) atoms. The molecule has 0 bridgehead atoms. The summed E-state index contributed by atoms with van der Waals surface area (Å²) in [4.78, 5) is 5.98. The van der Waals surface area contributed by atoms with E-state index in [1.165, 1.54) is 15.5 Å². The zero-order chi connectivity index (χ0) is 15.8. The van der Waals surface area contributed by atoms with E-state index in [9.17, 15) is 0 Å². The number of aromatic amines is 1. The van der Waals surface area contributed by atoms with Crippen LogP contribution in [0.25, 0.3) is 16.3 Å². The van der Waals surface area contributed by atoms with Crippen LogP contribution in [0.15, 0.2) is 58.8 Å². The lowest BCUT2D eigenvalue weighted by atomic mass is 10.2. The van der Waals surface area contributed by atoms with Crippen LogP contribution >= 0.6 is 34.7 Å². The van der Waals surface area contributed by atoms with Gasteiger partial charge >= 0.3 is 0 Å². The van der Waals surface area contributed by atoms with Gasteiger partial charge in [-0.1, -0.05) is 46.8 Å². The fourth-order valence-electron chi connectivity index (χ4n) is 2.50. The third-order valence-electron chi connectivity index (χ3n) is 3.66. The summed E-state index contributed by atoms with van der Waals surface area (Å²) in [5.74, 6) is 0. The lowest BCUT2D eigenvalue weighted by Crippen LogP contribution is -3.00. The topological polar surface area (TPSA) is 26.2 Å². The molecule has 6 heteroatoms. The van der Waals surface area contributed by atoms with Crippen molar-refractivity contribution in [3.05, 3.63) is 69.5 Å². The number of para-hydroxylation sites is 1. The van der Waals surface area contributed by atoms with Gasteiger partial charge in [-0.2, -0.15) is 4.98 Å². The second-order valence-corrected chi connectivity index (χ2v) is 7.66. The zero-order valence-corrected chi connectivity index (χ0v) is 16.7. The standard InChI is InChI=1S/C18H13ClN2S2.BrH/c1-11-17(15-10-22-16-5-3-2-4-14(16)21-15)23-18(20-11)12-6-8-13(19)9-7-12;/h2-10,21H,1H3;1H. The van der Waals surface area contributed by atoms with Gasteiger partial charge in [0, 0.05) is 22.2 Å². The Bertz CT molecular complexity index is 904. The Balaban J connectivity index is 0.00000169. The number of H-pyrrole nitrogens is 1. The fraction of sp³-hybridized carbons (Fsp3) is 0.0556. The highest BCUT2D eigenvalue weighted by atomic mass is 79.9. The van der Waals surface area contributed by atoms with Crippen molar-refractivity contribution in [2.45, 2.75) is 11.8 Å².